The van der Waals surface area contributed by atoms with E-state index < -0.39 is 11.1 Å². The Morgan fingerprint density at radius 3 is 2.33 bits per heavy atom. The van der Waals surface area contributed by atoms with Crippen LogP contribution in [-0.2, 0) is 9.53 Å². The third-order valence-corrected chi connectivity index (χ3v) is 3.32. The number of hydroxylamine groups is 2. The molecular formula is C10H19NO4. The van der Waals surface area contributed by atoms with Crippen LogP contribution in [0.5, 0.6) is 0 Å². The molecule has 1 aliphatic rings. The second-order valence-corrected chi connectivity index (χ2v) is 4.72. The van der Waals surface area contributed by atoms with E-state index >= 15 is 0 Å². The van der Waals surface area contributed by atoms with Gasteiger partial charge in [0.05, 0.1) is 31.2 Å². The summed E-state index contributed by atoms with van der Waals surface area (Å²) in [6.07, 6.45) is 1.46. The van der Waals surface area contributed by atoms with Crippen molar-refractivity contribution in [1.29, 1.82) is 0 Å². The van der Waals surface area contributed by atoms with Gasteiger partial charge in [-0.05, 0) is 26.7 Å². The maximum absolute atomic E-state index is 11.2. The molecule has 1 rings (SSSR count). The molecule has 88 valence electrons. The van der Waals surface area contributed by atoms with Crippen molar-refractivity contribution in [2.75, 3.05) is 13.7 Å². The Labute approximate surface area is 89.6 Å². The first-order valence-corrected chi connectivity index (χ1v) is 5.05. The van der Waals surface area contributed by atoms with E-state index in [1.54, 1.807) is 13.8 Å². The van der Waals surface area contributed by atoms with Gasteiger partial charge in [0.1, 0.15) is 0 Å². The molecule has 2 N–H and O–H groups in total. The lowest BCUT2D eigenvalue weighted by atomic mass is 9.95. The Hall–Kier alpha value is -0.650. The van der Waals surface area contributed by atoms with Crippen molar-refractivity contribution in [2.45, 2.75) is 44.2 Å². The number of hydrogen-bond acceptors (Lipinski definition) is 5. The molecule has 15 heavy (non-hydrogen) atoms. The fourth-order valence-electron chi connectivity index (χ4n) is 2.09. The molecule has 1 saturated heterocycles. The van der Waals surface area contributed by atoms with E-state index in [0.717, 1.165) is 5.06 Å². The smallest absolute Gasteiger partial charge is 0.307 e. The number of hydrogen-bond donors (Lipinski definition) is 2. The van der Waals surface area contributed by atoms with Crippen molar-refractivity contribution in [1.82, 2.24) is 5.06 Å². The highest BCUT2D eigenvalue weighted by atomic mass is 16.5. The molecule has 0 spiro atoms. The van der Waals surface area contributed by atoms with Crippen LogP contribution in [0.3, 0.4) is 0 Å². The predicted molar refractivity (Wildman–Crippen MR) is 53.4 cm³/mol. The van der Waals surface area contributed by atoms with Crippen molar-refractivity contribution < 1.29 is 19.8 Å². The van der Waals surface area contributed by atoms with E-state index in [9.17, 15) is 15.1 Å². The van der Waals surface area contributed by atoms with Crippen LogP contribution in [0.15, 0.2) is 0 Å². The Morgan fingerprint density at radius 1 is 1.40 bits per heavy atom. The van der Waals surface area contributed by atoms with Crippen LogP contribution < -0.4 is 0 Å². The van der Waals surface area contributed by atoms with Crippen molar-refractivity contribution in [3.05, 3.63) is 0 Å². The molecule has 0 aromatic carbocycles. The molecule has 2 unspecified atom stereocenters. The lowest BCUT2D eigenvalue weighted by molar-refractivity contribution is -0.215. The van der Waals surface area contributed by atoms with E-state index in [4.69, 9.17) is 0 Å². The molecular weight excluding hydrogens is 198 g/mol. The lowest BCUT2D eigenvalue weighted by Gasteiger charge is -2.37. The number of carbonyl (C=O) groups excluding carboxylic acids is 1. The van der Waals surface area contributed by atoms with Gasteiger partial charge >= 0.3 is 5.97 Å². The highest BCUT2D eigenvalue weighted by Gasteiger charge is 2.50. The highest BCUT2D eigenvalue weighted by Crippen LogP contribution is 2.41. The average Bonchev–Trinajstić information content (AvgIpc) is 2.44. The van der Waals surface area contributed by atoms with Crippen LogP contribution in [0, 0.1) is 0 Å². The van der Waals surface area contributed by atoms with Crippen LogP contribution in [0.4, 0.5) is 0 Å². The minimum absolute atomic E-state index is 0.125. The van der Waals surface area contributed by atoms with Crippen LogP contribution in [0.25, 0.3) is 0 Å². The third-order valence-electron chi connectivity index (χ3n) is 3.32. The number of aliphatic hydroxyl groups excluding tert-OH is 1. The first-order chi connectivity index (χ1) is 6.88. The summed E-state index contributed by atoms with van der Waals surface area (Å²) in [5.41, 5.74) is -1.28. The topological polar surface area (TPSA) is 70.0 Å². The molecule has 0 aromatic heterocycles. The van der Waals surface area contributed by atoms with Crippen molar-refractivity contribution >= 4 is 5.97 Å². The summed E-state index contributed by atoms with van der Waals surface area (Å²) >= 11 is 0. The number of ether oxygens (including phenoxy) is 1. The average molecular weight is 217 g/mol. The standard InChI is InChI=1S/C10H19NO4/c1-9(6-8(13)15-3)4-5-10(2,7-12)11(9)14/h12,14H,4-7H2,1-3H3. The summed E-state index contributed by atoms with van der Waals surface area (Å²) in [5, 5.41) is 20.3. The molecule has 0 bridgehead atoms. The number of methoxy groups -OCH3 is 1. The van der Waals surface area contributed by atoms with Gasteiger partial charge in [-0.3, -0.25) is 4.79 Å². The van der Waals surface area contributed by atoms with E-state index in [1.807, 2.05) is 0 Å². The minimum Gasteiger partial charge on any atom is -0.469 e. The first-order valence-electron chi connectivity index (χ1n) is 5.05. The molecule has 5 heteroatoms. The van der Waals surface area contributed by atoms with E-state index in [2.05, 4.69) is 4.74 Å². The molecule has 0 radical (unpaired) electrons. The maximum atomic E-state index is 11.2. The number of rotatable bonds is 3. The quantitative estimate of drug-likeness (QED) is 0.675. The van der Waals surface area contributed by atoms with Gasteiger partial charge in [-0.2, -0.15) is 5.06 Å². The van der Waals surface area contributed by atoms with Crippen LogP contribution in [-0.4, -0.2) is 46.1 Å². The van der Waals surface area contributed by atoms with Gasteiger partial charge in [0, 0.05) is 0 Å². The second-order valence-electron chi connectivity index (χ2n) is 4.72. The Kier molecular flexibility index (Phi) is 3.38. The van der Waals surface area contributed by atoms with Crippen LogP contribution in [0.2, 0.25) is 0 Å². The van der Waals surface area contributed by atoms with E-state index in [0.29, 0.717) is 12.8 Å². The van der Waals surface area contributed by atoms with E-state index in [-0.39, 0.29) is 19.0 Å². The summed E-state index contributed by atoms with van der Waals surface area (Å²) in [4.78, 5) is 11.2. The maximum Gasteiger partial charge on any atom is 0.307 e. The van der Waals surface area contributed by atoms with E-state index in [1.165, 1.54) is 7.11 Å². The van der Waals surface area contributed by atoms with Crippen molar-refractivity contribution in [2.24, 2.45) is 0 Å². The summed E-state index contributed by atoms with van der Waals surface area (Å²) in [6.45, 7) is 3.45. The Balaban J connectivity index is 2.76. The zero-order valence-corrected chi connectivity index (χ0v) is 9.49. The first kappa shape index (κ1) is 12.4. The fourth-order valence-corrected chi connectivity index (χ4v) is 2.09. The van der Waals surface area contributed by atoms with Crippen LogP contribution in [0.1, 0.15) is 33.1 Å². The largest absolute Gasteiger partial charge is 0.469 e. The summed E-state index contributed by atoms with van der Waals surface area (Å²) < 4.78 is 4.59. The summed E-state index contributed by atoms with van der Waals surface area (Å²) in [5.74, 6) is -0.348. The van der Waals surface area contributed by atoms with Crippen LogP contribution >= 0.6 is 0 Å². The van der Waals surface area contributed by atoms with Crippen molar-refractivity contribution in [3.63, 3.8) is 0 Å². The SMILES string of the molecule is COC(=O)CC1(C)CCC(C)(CO)N1O. The summed E-state index contributed by atoms with van der Waals surface area (Å²) in [6, 6.07) is 0. The van der Waals surface area contributed by atoms with Gasteiger partial charge in [-0.15, -0.1) is 0 Å². The van der Waals surface area contributed by atoms with Gasteiger partial charge in [-0.1, -0.05) is 0 Å². The number of esters is 1. The van der Waals surface area contributed by atoms with Gasteiger partial charge in [0.2, 0.25) is 0 Å². The molecule has 0 amide bonds. The lowest BCUT2D eigenvalue weighted by Crippen LogP contribution is -2.51. The molecule has 0 aliphatic carbocycles. The second kappa shape index (κ2) is 4.08. The molecule has 5 nitrogen and oxygen atoms in total. The normalized spacial score (nSPS) is 36.9. The Bertz CT molecular complexity index is 258. The monoisotopic (exact) mass is 217 g/mol. The van der Waals surface area contributed by atoms with Gasteiger partial charge in [0.15, 0.2) is 0 Å². The molecule has 1 heterocycles. The van der Waals surface area contributed by atoms with Crippen molar-refractivity contribution in [3.8, 4) is 0 Å². The zero-order valence-electron chi connectivity index (χ0n) is 9.49. The number of nitrogens with zero attached hydrogens (tertiary/aromatic N) is 1. The van der Waals surface area contributed by atoms with Gasteiger partial charge in [-0.25, -0.2) is 0 Å². The molecule has 0 aromatic rings. The van der Waals surface area contributed by atoms with Gasteiger partial charge < -0.3 is 15.1 Å². The third kappa shape index (κ3) is 2.14. The Morgan fingerprint density at radius 2 is 1.93 bits per heavy atom. The number of carbonyl (C=O) groups is 1. The molecule has 0 saturated carbocycles. The predicted octanol–water partition coefficient (Wildman–Crippen LogP) is 0.544. The minimum atomic E-state index is -0.650. The molecule has 1 fully saturated rings. The zero-order chi connectivity index (χ0) is 11.7. The number of aliphatic hydroxyl groups is 1. The van der Waals surface area contributed by atoms with Gasteiger partial charge in [0.25, 0.3) is 0 Å². The highest BCUT2D eigenvalue weighted by molar-refractivity contribution is 5.70. The molecule has 1 aliphatic heterocycles. The molecule has 2 atom stereocenters. The summed E-state index contributed by atoms with van der Waals surface area (Å²) in [7, 11) is 1.33. The fraction of sp³-hybridized carbons (Fsp3) is 0.900.